The summed E-state index contributed by atoms with van der Waals surface area (Å²) in [5.74, 6) is 0.780. The summed E-state index contributed by atoms with van der Waals surface area (Å²) in [5, 5.41) is 0. The lowest BCUT2D eigenvalue weighted by Gasteiger charge is -2.50. The van der Waals surface area contributed by atoms with E-state index in [0.29, 0.717) is 13.1 Å². The number of carbonyl (C=O) groups excluding carboxylic acids is 1. The summed E-state index contributed by atoms with van der Waals surface area (Å²) in [6.45, 7) is 1.37. The highest BCUT2D eigenvalue weighted by Crippen LogP contribution is 2.33. The standard InChI is InChI=1S/C24H25N5O/c30-24(29(19-9-3-1-4-10-19)20-11-5-2-6-12-20)27-17-21-13-7-14-22(18-27)28(21)23-25-15-8-16-26-23/h1-6,8-12,15-16,21-22H,7,13-14,17-18H2/t21-,22+. The summed E-state index contributed by atoms with van der Waals surface area (Å²) in [6, 6.07) is 22.1. The van der Waals surface area contributed by atoms with Crippen molar-refractivity contribution in [2.45, 2.75) is 31.3 Å². The van der Waals surface area contributed by atoms with Gasteiger partial charge in [0.25, 0.3) is 0 Å². The molecule has 2 amide bonds. The summed E-state index contributed by atoms with van der Waals surface area (Å²) < 4.78 is 0. The minimum Gasteiger partial charge on any atom is -0.331 e. The van der Waals surface area contributed by atoms with Crippen molar-refractivity contribution in [3.63, 3.8) is 0 Å². The Morgan fingerprint density at radius 2 is 1.33 bits per heavy atom. The zero-order valence-corrected chi connectivity index (χ0v) is 16.8. The maximum atomic E-state index is 13.8. The number of carbonyl (C=O) groups is 1. The molecule has 6 heteroatoms. The Hall–Kier alpha value is -3.41. The molecule has 2 aliphatic rings. The normalized spacial score (nSPS) is 20.7. The van der Waals surface area contributed by atoms with Crippen LogP contribution in [-0.4, -0.2) is 46.1 Å². The Morgan fingerprint density at radius 1 is 0.800 bits per heavy atom. The number of hydrogen-bond acceptors (Lipinski definition) is 4. The van der Waals surface area contributed by atoms with Gasteiger partial charge in [0.2, 0.25) is 5.95 Å². The smallest absolute Gasteiger partial charge is 0.329 e. The fraction of sp³-hybridized carbons (Fsp3) is 0.292. The van der Waals surface area contributed by atoms with Crippen molar-refractivity contribution >= 4 is 23.4 Å². The van der Waals surface area contributed by atoms with E-state index < -0.39 is 0 Å². The van der Waals surface area contributed by atoms with Gasteiger partial charge in [0.15, 0.2) is 0 Å². The second kappa shape index (κ2) is 8.14. The number of likely N-dealkylation sites (tertiary alicyclic amines) is 1. The van der Waals surface area contributed by atoms with Gasteiger partial charge in [-0.1, -0.05) is 36.4 Å². The molecule has 5 rings (SSSR count). The lowest BCUT2D eigenvalue weighted by Crippen LogP contribution is -2.63. The van der Waals surface area contributed by atoms with Crippen molar-refractivity contribution in [1.82, 2.24) is 14.9 Å². The van der Waals surface area contributed by atoms with E-state index in [1.165, 1.54) is 6.42 Å². The number of hydrogen-bond donors (Lipinski definition) is 0. The lowest BCUT2D eigenvalue weighted by atomic mass is 9.91. The zero-order chi connectivity index (χ0) is 20.3. The first-order valence-corrected chi connectivity index (χ1v) is 10.6. The van der Waals surface area contributed by atoms with E-state index in [-0.39, 0.29) is 18.1 Å². The number of rotatable bonds is 3. The fourth-order valence-corrected chi connectivity index (χ4v) is 4.68. The maximum absolute atomic E-state index is 13.8. The van der Waals surface area contributed by atoms with E-state index in [0.717, 1.165) is 30.2 Å². The quantitative estimate of drug-likeness (QED) is 0.652. The SMILES string of the molecule is O=C(N1C[C@H]2CCC[C@@H](C1)N2c1ncccn1)N(c1ccccc1)c1ccccc1. The first kappa shape index (κ1) is 18.6. The number of para-hydroxylation sites is 2. The van der Waals surface area contributed by atoms with Crippen molar-refractivity contribution in [3.05, 3.63) is 79.1 Å². The molecule has 30 heavy (non-hydrogen) atoms. The summed E-state index contributed by atoms with van der Waals surface area (Å²) in [5.41, 5.74) is 1.76. The van der Waals surface area contributed by atoms with Crippen LogP contribution in [0.2, 0.25) is 0 Å². The molecular weight excluding hydrogens is 374 g/mol. The molecule has 0 saturated carbocycles. The first-order chi connectivity index (χ1) is 14.8. The van der Waals surface area contributed by atoms with Crippen molar-refractivity contribution in [2.24, 2.45) is 0 Å². The van der Waals surface area contributed by atoms with E-state index in [9.17, 15) is 4.79 Å². The molecule has 2 bridgehead atoms. The van der Waals surface area contributed by atoms with Crippen LogP contribution in [0.5, 0.6) is 0 Å². The third-order valence-corrected chi connectivity index (χ3v) is 6.00. The molecule has 0 unspecified atom stereocenters. The Labute approximate surface area is 176 Å². The van der Waals surface area contributed by atoms with Gasteiger partial charge >= 0.3 is 6.03 Å². The van der Waals surface area contributed by atoms with E-state index in [1.54, 1.807) is 12.4 Å². The van der Waals surface area contributed by atoms with Crippen LogP contribution < -0.4 is 9.80 Å². The summed E-state index contributed by atoms with van der Waals surface area (Å²) >= 11 is 0. The average Bonchev–Trinajstić information content (AvgIpc) is 2.80. The molecule has 3 heterocycles. The van der Waals surface area contributed by atoms with Crippen molar-refractivity contribution in [2.75, 3.05) is 22.9 Å². The first-order valence-electron chi connectivity index (χ1n) is 10.6. The number of fused-ring (bicyclic) bond motifs is 2. The molecule has 0 spiro atoms. The van der Waals surface area contributed by atoms with Gasteiger partial charge in [-0.05, 0) is 49.6 Å². The van der Waals surface area contributed by atoms with Crippen LogP contribution in [0.3, 0.4) is 0 Å². The number of piperidine rings is 1. The number of urea groups is 1. The Bertz CT molecular complexity index is 929. The summed E-state index contributed by atoms with van der Waals surface area (Å²) in [7, 11) is 0. The van der Waals surface area contributed by atoms with Gasteiger partial charge in [0.1, 0.15) is 0 Å². The fourth-order valence-electron chi connectivity index (χ4n) is 4.68. The van der Waals surface area contributed by atoms with Crippen LogP contribution in [0.25, 0.3) is 0 Å². The van der Waals surface area contributed by atoms with Crippen LogP contribution in [0.1, 0.15) is 19.3 Å². The van der Waals surface area contributed by atoms with Crippen LogP contribution in [0.15, 0.2) is 79.1 Å². The molecule has 3 aromatic rings. The second-order valence-electron chi connectivity index (χ2n) is 7.89. The second-order valence-corrected chi connectivity index (χ2v) is 7.89. The maximum Gasteiger partial charge on any atom is 0.329 e. The van der Waals surface area contributed by atoms with Crippen LogP contribution in [-0.2, 0) is 0 Å². The summed E-state index contributed by atoms with van der Waals surface area (Å²) in [6.07, 6.45) is 6.87. The molecular formula is C24H25N5O. The van der Waals surface area contributed by atoms with Gasteiger partial charge in [0, 0.05) is 37.6 Å². The molecule has 0 N–H and O–H groups in total. The zero-order valence-electron chi connectivity index (χ0n) is 16.8. The predicted octanol–water partition coefficient (Wildman–Crippen LogP) is 4.48. The van der Waals surface area contributed by atoms with Gasteiger partial charge in [-0.3, -0.25) is 4.90 Å². The highest BCUT2D eigenvalue weighted by Gasteiger charge is 2.41. The van der Waals surface area contributed by atoms with E-state index >= 15 is 0 Å². The number of amides is 2. The monoisotopic (exact) mass is 399 g/mol. The van der Waals surface area contributed by atoms with Crippen molar-refractivity contribution in [1.29, 1.82) is 0 Å². The average molecular weight is 399 g/mol. The minimum absolute atomic E-state index is 0.0259. The van der Waals surface area contributed by atoms with Gasteiger partial charge in [0.05, 0.1) is 11.4 Å². The molecule has 152 valence electrons. The topological polar surface area (TPSA) is 52.6 Å². The van der Waals surface area contributed by atoms with Gasteiger partial charge < -0.3 is 9.80 Å². The van der Waals surface area contributed by atoms with Gasteiger partial charge in [-0.2, -0.15) is 0 Å². The summed E-state index contributed by atoms with van der Waals surface area (Å²) in [4.78, 5) is 28.9. The molecule has 0 aliphatic carbocycles. The number of anilines is 3. The Morgan fingerprint density at radius 3 is 1.87 bits per heavy atom. The number of aromatic nitrogens is 2. The van der Waals surface area contributed by atoms with Crippen LogP contribution >= 0.6 is 0 Å². The highest BCUT2D eigenvalue weighted by molar-refractivity contribution is 5.99. The van der Waals surface area contributed by atoms with Crippen molar-refractivity contribution in [3.8, 4) is 0 Å². The minimum atomic E-state index is 0.0259. The van der Waals surface area contributed by atoms with Gasteiger partial charge in [-0.25, -0.2) is 14.8 Å². The molecule has 2 fully saturated rings. The molecule has 6 nitrogen and oxygen atoms in total. The van der Waals surface area contributed by atoms with Crippen LogP contribution in [0.4, 0.5) is 22.1 Å². The Balaban J connectivity index is 1.44. The molecule has 2 saturated heterocycles. The highest BCUT2D eigenvalue weighted by atomic mass is 16.2. The largest absolute Gasteiger partial charge is 0.331 e. The molecule has 2 aromatic carbocycles. The van der Waals surface area contributed by atoms with Crippen molar-refractivity contribution < 1.29 is 4.79 Å². The lowest BCUT2D eigenvalue weighted by molar-refractivity contribution is 0.161. The number of benzene rings is 2. The molecule has 1 aromatic heterocycles. The van der Waals surface area contributed by atoms with E-state index in [4.69, 9.17) is 0 Å². The third-order valence-electron chi connectivity index (χ3n) is 6.00. The molecule has 2 atom stereocenters. The molecule has 0 radical (unpaired) electrons. The van der Waals surface area contributed by atoms with E-state index in [2.05, 4.69) is 14.9 Å². The Kier molecular flexibility index (Phi) is 5.05. The number of nitrogens with zero attached hydrogens (tertiary/aromatic N) is 5. The van der Waals surface area contributed by atoms with Gasteiger partial charge in [-0.15, -0.1) is 0 Å². The van der Waals surface area contributed by atoms with E-state index in [1.807, 2.05) is 76.5 Å². The van der Waals surface area contributed by atoms with Crippen LogP contribution in [0, 0.1) is 0 Å². The number of piperazine rings is 1. The third kappa shape index (κ3) is 3.49. The predicted molar refractivity (Wildman–Crippen MR) is 118 cm³/mol. The molecule has 2 aliphatic heterocycles.